The first-order chi connectivity index (χ1) is 10.2. The minimum atomic E-state index is -0.349. The molecule has 1 heterocycles. The largest absolute Gasteiger partial charge is 0.396 e. The summed E-state index contributed by atoms with van der Waals surface area (Å²) in [7, 11) is 1.70. The molecule has 7 nitrogen and oxygen atoms in total. The molecule has 0 aliphatic heterocycles. The summed E-state index contributed by atoms with van der Waals surface area (Å²) in [5, 5.41) is 18.4. The number of anilines is 1. The van der Waals surface area contributed by atoms with Crippen LogP contribution in [0.5, 0.6) is 0 Å². The Bertz CT molecular complexity index is 570. The number of aliphatic hydroxyl groups is 1. The number of hydrogen-bond acceptors (Lipinski definition) is 4. The molecule has 3 N–H and O–H groups in total. The van der Waals surface area contributed by atoms with Crippen LogP contribution in [0.1, 0.15) is 24.4 Å². The number of amides is 2. The van der Waals surface area contributed by atoms with Crippen molar-refractivity contribution in [3.63, 3.8) is 0 Å². The number of benzene rings is 1. The van der Waals surface area contributed by atoms with Crippen molar-refractivity contribution in [3.05, 3.63) is 42.2 Å². The molecular weight excluding hydrogens is 270 g/mol. The van der Waals surface area contributed by atoms with E-state index in [0.717, 1.165) is 5.56 Å². The van der Waals surface area contributed by atoms with E-state index >= 15 is 0 Å². The van der Waals surface area contributed by atoms with E-state index in [1.54, 1.807) is 7.05 Å². The number of aryl methyl sites for hydroxylation is 1. The van der Waals surface area contributed by atoms with Gasteiger partial charge in [-0.25, -0.2) is 9.48 Å². The molecule has 0 saturated carbocycles. The first-order valence-electron chi connectivity index (χ1n) is 6.78. The highest BCUT2D eigenvalue weighted by Crippen LogP contribution is 2.18. The van der Waals surface area contributed by atoms with Crippen LogP contribution in [0.2, 0.25) is 0 Å². The lowest BCUT2D eigenvalue weighted by atomic mass is 10.0. The number of aromatic nitrogens is 3. The Kier molecular flexibility index (Phi) is 5.28. The molecule has 0 aliphatic carbocycles. The molecule has 2 rings (SSSR count). The summed E-state index contributed by atoms with van der Waals surface area (Å²) in [6.07, 6.45) is 2.65. The highest BCUT2D eigenvalue weighted by Gasteiger charge is 2.15. The summed E-state index contributed by atoms with van der Waals surface area (Å²) < 4.78 is 1.48. The van der Waals surface area contributed by atoms with Crippen LogP contribution in [0.4, 0.5) is 10.7 Å². The summed E-state index contributed by atoms with van der Waals surface area (Å²) >= 11 is 0. The Morgan fingerprint density at radius 1 is 1.38 bits per heavy atom. The number of urea groups is 1. The summed E-state index contributed by atoms with van der Waals surface area (Å²) in [4.78, 5) is 16.0. The minimum absolute atomic E-state index is 0.0932. The number of aliphatic hydroxyl groups excluding tert-OH is 1. The van der Waals surface area contributed by atoms with E-state index in [-0.39, 0.29) is 18.7 Å². The second-order valence-corrected chi connectivity index (χ2v) is 4.63. The smallest absolute Gasteiger partial charge is 0.322 e. The first-order valence-corrected chi connectivity index (χ1v) is 6.78. The van der Waals surface area contributed by atoms with Crippen LogP contribution in [0.15, 0.2) is 36.7 Å². The SMILES string of the molecule is Cn1ncnc1NC(=O)N[C@H](CCCO)c1ccccc1. The Morgan fingerprint density at radius 2 is 2.14 bits per heavy atom. The maximum Gasteiger partial charge on any atom is 0.322 e. The van der Waals surface area contributed by atoms with Crippen molar-refractivity contribution in [3.8, 4) is 0 Å². The topological polar surface area (TPSA) is 92.1 Å². The van der Waals surface area contributed by atoms with Gasteiger partial charge in [-0.1, -0.05) is 30.3 Å². The molecule has 1 aromatic heterocycles. The van der Waals surface area contributed by atoms with Gasteiger partial charge in [-0.05, 0) is 18.4 Å². The van der Waals surface area contributed by atoms with Crippen molar-refractivity contribution < 1.29 is 9.90 Å². The van der Waals surface area contributed by atoms with Crippen LogP contribution in [-0.2, 0) is 7.05 Å². The molecule has 1 aromatic carbocycles. The average molecular weight is 289 g/mol. The molecule has 1 atom stereocenters. The fraction of sp³-hybridized carbons (Fsp3) is 0.357. The molecule has 7 heteroatoms. The number of carbonyl (C=O) groups is 1. The Morgan fingerprint density at radius 3 is 2.76 bits per heavy atom. The third kappa shape index (κ3) is 4.28. The van der Waals surface area contributed by atoms with E-state index in [2.05, 4.69) is 20.7 Å². The quantitative estimate of drug-likeness (QED) is 0.750. The number of rotatable bonds is 6. The van der Waals surface area contributed by atoms with Crippen molar-refractivity contribution in [2.75, 3.05) is 11.9 Å². The van der Waals surface area contributed by atoms with Crippen LogP contribution < -0.4 is 10.6 Å². The zero-order chi connectivity index (χ0) is 15.1. The molecule has 2 aromatic rings. The van der Waals surface area contributed by atoms with Gasteiger partial charge in [0.15, 0.2) is 0 Å². The van der Waals surface area contributed by atoms with Crippen molar-refractivity contribution in [1.29, 1.82) is 0 Å². The van der Waals surface area contributed by atoms with E-state index in [1.807, 2.05) is 30.3 Å². The third-order valence-electron chi connectivity index (χ3n) is 3.09. The van der Waals surface area contributed by atoms with E-state index in [9.17, 15) is 4.79 Å². The van der Waals surface area contributed by atoms with E-state index < -0.39 is 0 Å². The lowest BCUT2D eigenvalue weighted by molar-refractivity contribution is 0.243. The second-order valence-electron chi connectivity index (χ2n) is 4.63. The van der Waals surface area contributed by atoms with E-state index in [0.29, 0.717) is 18.8 Å². The Hall–Kier alpha value is -2.41. The molecule has 0 aliphatic rings. The highest BCUT2D eigenvalue weighted by molar-refractivity contribution is 5.87. The van der Waals surface area contributed by atoms with Gasteiger partial charge in [0.25, 0.3) is 0 Å². The van der Waals surface area contributed by atoms with Crippen LogP contribution in [-0.4, -0.2) is 32.5 Å². The van der Waals surface area contributed by atoms with Gasteiger partial charge >= 0.3 is 6.03 Å². The van der Waals surface area contributed by atoms with Crippen molar-refractivity contribution in [1.82, 2.24) is 20.1 Å². The van der Waals surface area contributed by atoms with Crippen molar-refractivity contribution in [2.45, 2.75) is 18.9 Å². The molecule has 2 amide bonds. The number of nitrogens with zero attached hydrogens (tertiary/aromatic N) is 3. The molecule has 0 radical (unpaired) electrons. The van der Waals surface area contributed by atoms with Gasteiger partial charge in [-0.3, -0.25) is 5.32 Å². The van der Waals surface area contributed by atoms with Gasteiger partial charge in [-0.15, -0.1) is 0 Å². The van der Waals surface area contributed by atoms with Gasteiger partial charge in [0.05, 0.1) is 6.04 Å². The molecule has 0 bridgehead atoms. The number of nitrogens with one attached hydrogen (secondary N) is 2. The first kappa shape index (κ1) is 15.0. The fourth-order valence-electron chi connectivity index (χ4n) is 2.01. The maximum absolute atomic E-state index is 12.0. The molecule has 21 heavy (non-hydrogen) atoms. The van der Waals surface area contributed by atoms with Crippen LogP contribution >= 0.6 is 0 Å². The van der Waals surface area contributed by atoms with Gasteiger partial charge in [-0.2, -0.15) is 10.1 Å². The highest BCUT2D eigenvalue weighted by atomic mass is 16.3. The summed E-state index contributed by atoms with van der Waals surface area (Å²) in [6.45, 7) is 0.0932. The maximum atomic E-state index is 12.0. The molecule has 0 fully saturated rings. The molecule has 0 saturated heterocycles. The number of hydrogen-bond donors (Lipinski definition) is 3. The van der Waals surface area contributed by atoms with Crippen LogP contribution in [0.25, 0.3) is 0 Å². The van der Waals surface area contributed by atoms with Gasteiger partial charge in [0.2, 0.25) is 5.95 Å². The van der Waals surface area contributed by atoms with Crippen molar-refractivity contribution in [2.24, 2.45) is 7.05 Å². The molecule has 112 valence electrons. The van der Waals surface area contributed by atoms with Crippen molar-refractivity contribution >= 4 is 12.0 Å². The summed E-state index contributed by atoms with van der Waals surface area (Å²) in [6, 6.07) is 9.15. The zero-order valence-electron chi connectivity index (χ0n) is 11.9. The van der Waals surface area contributed by atoms with E-state index in [4.69, 9.17) is 5.11 Å². The van der Waals surface area contributed by atoms with Gasteiger partial charge in [0.1, 0.15) is 6.33 Å². The summed E-state index contributed by atoms with van der Waals surface area (Å²) in [5.41, 5.74) is 0.999. The van der Waals surface area contributed by atoms with Gasteiger partial charge < -0.3 is 10.4 Å². The monoisotopic (exact) mass is 289 g/mol. The standard InChI is InChI=1S/C14H19N5O2/c1-19-13(15-10-16-19)18-14(21)17-12(8-5-9-20)11-6-3-2-4-7-11/h2-4,6-7,10,12,20H,5,8-9H2,1H3,(H2,15,16,17,18,21)/t12-/m1/s1. The minimum Gasteiger partial charge on any atom is -0.396 e. The predicted octanol–water partition coefficient (Wildman–Crippen LogP) is 1.45. The Balaban J connectivity index is 2.01. The molecular formula is C14H19N5O2. The third-order valence-corrected chi connectivity index (χ3v) is 3.09. The molecule has 0 spiro atoms. The average Bonchev–Trinajstić information content (AvgIpc) is 2.89. The lowest BCUT2D eigenvalue weighted by Crippen LogP contribution is -2.33. The van der Waals surface area contributed by atoms with Crippen LogP contribution in [0.3, 0.4) is 0 Å². The molecule has 0 unspecified atom stereocenters. The lowest BCUT2D eigenvalue weighted by Gasteiger charge is -2.19. The Labute approximate surface area is 123 Å². The van der Waals surface area contributed by atoms with Crippen LogP contribution in [0, 0.1) is 0 Å². The normalized spacial score (nSPS) is 11.9. The zero-order valence-corrected chi connectivity index (χ0v) is 11.9. The number of carbonyl (C=O) groups excluding carboxylic acids is 1. The summed E-state index contributed by atoms with van der Waals surface area (Å²) in [5.74, 6) is 0.376. The van der Waals surface area contributed by atoms with E-state index in [1.165, 1.54) is 11.0 Å². The predicted molar refractivity (Wildman–Crippen MR) is 78.7 cm³/mol. The van der Waals surface area contributed by atoms with Gasteiger partial charge in [0, 0.05) is 13.7 Å². The fourth-order valence-corrected chi connectivity index (χ4v) is 2.01. The second kappa shape index (κ2) is 7.39.